The maximum absolute atomic E-state index is 5.95. The highest BCUT2D eigenvalue weighted by atomic mass is 15.3. The van der Waals surface area contributed by atoms with Gasteiger partial charge in [0.1, 0.15) is 0 Å². The molecule has 1 aromatic rings. The Bertz CT molecular complexity index is 326. The second kappa shape index (κ2) is 2.83. The standard InChI is InChI=1S/C11H17N3/c1-7(12)11-6-10(8-2-3-8)13-14(11)9-4-5-9/h6-9H,2-5,12H2,1H3. The van der Waals surface area contributed by atoms with Crippen LogP contribution in [-0.2, 0) is 0 Å². The first kappa shape index (κ1) is 8.48. The van der Waals surface area contributed by atoms with E-state index >= 15 is 0 Å². The molecule has 1 heterocycles. The fraction of sp³-hybridized carbons (Fsp3) is 0.727. The van der Waals surface area contributed by atoms with Crippen molar-refractivity contribution in [2.75, 3.05) is 0 Å². The molecular formula is C11H17N3. The number of aromatic nitrogens is 2. The van der Waals surface area contributed by atoms with Gasteiger partial charge >= 0.3 is 0 Å². The summed E-state index contributed by atoms with van der Waals surface area (Å²) in [4.78, 5) is 0. The molecule has 1 aromatic heterocycles. The van der Waals surface area contributed by atoms with Crippen molar-refractivity contribution < 1.29 is 0 Å². The van der Waals surface area contributed by atoms with Crippen molar-refractivity contribution in [2.24, 2.45) is 5.73 Å². The van der Waals surface area contributed by atoms with Crippen molar-refractivity contribution in [3.05, 3.63) is 17.5 Å². The minimum Gasteiger partial charge on any atom is -0.323 e. The van der Waals surface area contributed by atoms with E-state index in [1.165, 1.54) is 37.1 Å². The number of rotatable bonds is 3. The Labute approximate surface area is 84.3 Å². The Morgan fingerprint density at radius 1 is 1.43 bits per heavy atom. The van der Waals surface area contributed by atoms with Crippen LogP contribution in [0, 0.1) is 0 Å². The Morgan fingerprint density at radius 2 is 2.14 bits per heavy atom. The van der Waals surface area contributed by atoms with E-state index < -0.39 is 0 Å². The van der Waals surface area contributed by atoms with Gasteiger partial charge in [0.15, 0.2) is 0 Å². The highest BCUT2D eigenvalue weighted by Crippen LogP contribution is 2.42. The molecule has 76 valence electrons. The second-order valence-corrected chi connectivity index (χ2v) is 4.73. The van der Waals surface area contributed by atoms with Crippen LogP contribution < -0.4 is 5.73 Å². The average molecular weight is 191 g/mol. The summed E-state index contributed by atoms with van der Waals surface area (Å²) in [6.07, 6.45) is 5.21. The first-order valence-electron chi connectivity index (χ1n) is 5.60. The highest BCUT2D eigenvalue weighted by molar-refractivity contribution is 5.21. The third-order valence-corrected chi connectivity index (χ3v) is 3.14. The molecule has 1 atom stereocenters. The topological polar surface area (TPSA) is 43.8 Å². The summed E-state index contributed by atoms with van der Waals surface area (Å²) in [5.74, 6) is 0.743. The normalized spacial score (nSPS) is 23.9. The molecule has 0 bridgehead atoms. The quantitative estimate of drug-likeness (QED) is 0.795. The van der Waals surface area contributed by atoms with Gasteiger partial charge in [-0.25, -0.2) is 0 Å². The molecule has 0 aromatic carbocycles. The fourth-order valence-electron chi connectivity index (χ4n) is 1.96. The van der Waals surface area contributed by atoms with E-state index in [2.05, 4.69) is 10.7 Å². The van der Waals surface area contributed by atoms with E-state index in [1.807, 2.05) is 6.92 Å². The lowest BCUT2D eigenvalue weighted by Crippen LogP contribution is -2.12. The van der Waals surface area contributed by atoms with E-state index in [0.29, 0.717) is 6.04 Å². The number of nitrogens with zero attached hydrogens (tertiary/aromatic N) is 2. The molecular weight excluding hydrogens is 174 g/mol. The molecule has 0 spiro atoms. The van der Waals surface area contributed by atoms with E-state index in [9.17, 15) is 0 Å². The molecule has 2 fully saturated rings. The van der Waals surface area contributed by atoms with Crippen molar-refractivity contribution >= 4 is 0 Å². The molecule has 0 amide bonds. The van der Waals surface area contributed by atoms with Gasteiger partial charge in [-0.2, -0.15) is 5.10 Å². The van der Waals surface area contributed by atoms with Crippen molar-refractivity contribution in [2.45, 2.75) is 50.6 Å². The summed E-state index contributed by atoms with van der Waals surface area (Å²) >= 11 is 0. The zero-order valence-electron chi connectivity index (χ0n) is 8.61. The third-order valence-electron chi connectivity index (χ3n) is 3.14. The summed E-state index contributed by atoms with van der Waals surface area (Å²) in [6.45, 7) is 2.05. The van der Waals surface area contributed by atoms with Gasteiger partial charge in [-0.05, 0) is 38.7 Å². The summed E-state index contributed by atoms with van der Waals surface area (Å²) in [5, 5.41) is 4.69. The van der Waals surface area contributed by atoms with E-state index in [0.717, 1.165) is 5.92 Å². The van der Waals surface area contributed by atoms with E-state index in [-0.39, 0.29) is 6.04 Å². The molecule has 1 unspecified atom stereocenters. The Hall–Kier alpha value is -0.830. The molecule has 14 heavy (non-hydrogen) atoms. The van der Waals surface area contributed by atoms with Crippen LogP contribution in [0.4, 0.5) is 0 Å². The van der Waals surface area contributed by atoms with Gasteiger partial charge in [-0.1, -0.05) is 0 Å². The van der Waals surface area contributed by atoms with Gasteiger partial charge in [0.05, 0.1) is 17.4 Å². The lowest BCUT2D eigenvalue weighted by atomic mass is 10.2. The largest absolute Gasteiger partial charge is 0.323 e. The summed E-state index contributed by atoms with van der Waals surface area (Å²) < 4.78 is 2.18. The van der Waals surface area contributed by atoms with E-state index in [4.69, 9.17) is 10.8 Å². The Morgan fingerprint density at radius 3 is 2.64 bits per heavy atom. The predicted octanol–water partition coefficient (Wildman–Crippen LogP) is 2.12. The molecule has 0 saturated heterocycles. The maximum atomic E-state index is 5.95. The Kier molecular flexibility index (Phi) is 1.71. The molecule has 3 nitrogen and oxygen atoms in total. The van der Waals surface area contributed by atoms with Crippen molar-refractivity contribution in [3.63, 3.8) is 0 Å². The second-order valence-electron chi connectivity index (χ2n) is 4.73. The van der Waals surface area contributed by atoms with Gasteiger partial charge in [0.25, 0.3) is 0 Å². The molecule has 2 saturated carbocycles. The molecule has 3 rings (SSSR count). The first-order chi connectivity index (χ1) is 6.75. The summed E-state index contributed by atoms with van der Waals surface area (Å²) in [7, 11) is 0. The van der Waals surface area contributed by atoms with Crippen molar-refractivity contribution in [1.29, 1.82) is 0 Å². The lowest BCUT2D eigenvalue weighted by molar-refractivity contribution is 0.571. The van der Waals surface area contributed by atoms with Crippen LogP contribution in [0.25, 0.3) is 0 Å². The van der Waals surface area contributed by atoms with Crippen LogP contribution in [0.3, 0.4) is 0 Å². The van der Waals surface area contributed by atoms with E-state index in [1.54, 1.807) is 0 Å². The van der Waals surface area contributed by atoms with Crippen molar-refractivity contribution in [1.82, 2.24) is 9.78 Å². The molecule has 2 N–H and O–H groups in total. The lowest BCUT2D eigenvalue weighted by Gasteiger charge is -2.07. The van der Waals surface area contributed by atoms with Gasteiger partial charge in [0, 0.05) is 12.0 Å². The number of hydrogen-bond donors (Lipinski definition) is 1. The van der Waals surface area contributed by atoms with Gasteiger partial charge in [-0.15, -0.1) is 0 Å². The summed E-state index contributed by atoms with van der Waals surface area (Å²) in [6, 6.07) is 3.00. The van der Waals surface area contributed by atoms with Crippen LogP contribution in [0.15, 0.2) is 6.07 Å². The molecule has 0 aliphatic heterocycles. The van der Waals surface area contributed by atoms with Crippen molar-refractivity contribution in [3.8, 4) is 0 Å². The SMILES string of the molecule is CC(N)c1cc(C2CC2)nn1C1CC1. The zero-order valence-corrected chi connectivity index (χ0v) is 8.61. The smallest absolute Gasteiger partial charge is 0.0659 e. The van der Waals surface area contributed by atoms with Crippen LogP contribution in [0.5, 0.6) is 0 Å². The maximum Gasteiger partial charge on any atom is 0.0659 e. The highest BCUT2D eigenvalue weighted by Gasteiger charge is 2.32. The minimum absolute atomic E-state index is 0.121. The molecule has 2 aliphatic rings. The monoisotopic (exact) mass is 191 g/mol. The zero-order chi connectivity index (χ0) is 9.71. The third kappa shape index (κ3) is 1.36. The molecule has 3 heteroatoms. The first-order valence-corrected chi connectivity index (χ1v) is 5.60. The predicted molar refractivity (Wildman–Crippen MR) is 55.1 cm³/mol. The Balaban J connectivity index is 1.97. The summed E-state index contributed by atoms with van der Waals surface area (Å²) in [5.41, 5.74) is 8.47. The average Bonchev–Trinajstić information content (AvgIpc) is 3.03. The van der Waals surface area contributed by atoms with Crippen LogP contribution >= 0.6 is 0 Å². The van der Waals surface area contributed by atoms with Gasteiger partial charge in [-0.3, -0.25) is 4.68 Å². The molecule has 2 aliphatic carbocycles. The fourth-order valence-corrected chi connectivity index (χ4v) is 1.96. The number of hydrogen-bond acceptors (Lipinski definition) is 2. The number of nitrogens with two attached hydrogens (primary N) is 1. The van der Waals surface area contributed by atoms with Gasteiger partial charge in [0.2, 0.25) is 0 Å². The molecule has 0 radical (unpaired) electrons. The minimum atomic E-state index is 0.121. The van der Waals surface area contributed by atoms with Crippen LogP contribution in [0.2, 0.25) is 0 Å². The van der Waals surface area contributed by atoms with Crippen LogP contribution in [-0.4, -0.2) is 9.78 Å². The van der Waals surface area contributed by atoms with Crippen LogP contribution in [0.1, 0.15) is 62.0 Å². The van der Waals surface area contributed by atoms with Gasteiger partial charge < -0.3 is 5.73 Å².